The Balaban J connectivity index is 2.62. The van der Waals surface area contributed by atoms with Crippen LogP contribution in [0.3, 0.4) is 0 Å². The summed E-state index contributed by atoms with van der Waals surface area (Å²) in [7, 11) is 0. The highest BCUT2D eigenvalue weighted by atomic mass is 32.2. The lowest BCUT2D eigenvalue weighted by molar-refractivity contribution is -0.146. The van der Waals surface area contributed by atoms with Gasteiger partial charge in [-0.1, -0.05) is 0 Å². The number of amides is 1. The fraction of sp³-hybridized carbons (Fsp3) is 0.727. The second-order valence-electron chi connectivity index (χ2n) is 4.73. The van der Waals surface area contributed by atoms with Gasteiger partial charge in [0.2, 0.25) is 0 Å². The molecule has 1 atom stereocenters. The zero-order chi connectivity index (χ0) is 13.8. The predicted molar refractivity (Wildman–Crippen MR) is 65.8 cm³/mol. The van der Waals surface area contributed by atoms with E-state index in [1.165, 1.54) is 16.7 Å². The number of nitrogens with zero attached hydrogens (tertiary/aromatic N) is 2. The second kappa shape index (κ2) is 5.96. The minimum atomic E-state index is -0.668. The number of hydrogen-bond acceptors (Lipinski definition) is 6. The van der Waals surface area contributed by atoms with Gasteiger partial charge in [0, 0.05) is 5.75 Å². The van der Waals surface area contributed by atoms with E-state index in [4.69, 9.17) is 14.7 Å². The Morgan fingerprint density at radius 1 is 1.50 bits per heavy atom. The van der Waals surface area contributed by atoms with Crippen LogP contribution in [-0.2, 0) is 14.3 Å². The maximum atomic E-state index is 11.9. The SMILES string of the molecule is CC(C)(C)OC(=O)N1CSC[C@@H]1C(=O)OCC#N. The Morgan fingerprint density at radius 2 is 2.17 bits per heavy atom. The molecular weight excluding hydrogens is 256 g/mol. The summed E-state index contributed by atoms with van der Waals surface area (Å²) in [4.78, 5) is 24.8. The zero-order valence-electron chi connectivity index (χ0n) is 10.6. The lowest BCUT2D eigenvalue weighted by Gasteiger charge is -2.26. The van der Waals surface area contributed by atoms with Crippen molar-refractivity contribution in [2.24, 2.45) is 0 Å². The molecule has 1 saturated heterocycles. The average molecular weight is 272 g/mol. The van der Waals surface area contributed by atoms with Gasteiger partial charge in [-0.05, 0) is 20.8 Å². The summed E-state index contributed by atoms with van der Waals surface area (Å²) >= 11 is 1.45. The van der Waals surface area contributed by atoms with Crippen LogP contribution in [-0.4, -0.2) is 46.8 Å². The van der Waals surface area contributed by atoms with Gasteiger partial charge >= 0.3 is 12.1 Å². The minimum absolute atomic E-state index is 0.303. The number of ether oxygens (including phenoxy) is 2. The summed E-state index contributed by atoms with van der Waals surface area (Å²) in [5, 5.41) is 8.35. The summed E-state index contributed by atoms with van der Waals surface area (Å²) in [6, 6.07) is 1.05. The first kappa shape index (κ1) is 14.6. The molecule has 0 saturated carbocycles. The Bertz CT molecular complexity index is 372. The van der Waals surface area contributed by atoms with E-state index in [-0.39, 0.29) is 6.61 Å². The molecule has 0 spiro atoms. The third-order valence-electron chi connectivity index (χ3n) is 2.06. The number of hydrogen-bond donors (Lipinski definition) is 0. The molecule has 1 rings (SSSR count). The van der Waals surface area contributed by atoms with Crippen molar-refractivity contribution in [3.05, 3.63) is 0 Å². The normalized spacial score (nSPS) is 19.2. The minimum Gasteiger partial charge on any atom is -0.449 e. The van der Waals surface area contributed by atoms with Gasteiger partial charge in [0.05, 0.1) is 5.88 Å². The number of nitriles is 1. The summed E-state index contributed by atoms with van der Waals surface area (Å²) in [5.41, 5.74) is -0.606. The van der Waals surface area contributed by atoms with Gasteiger partial charge in [-0.3, -0.25) is 4.90 Å². The fourth-order valence-electron chi connectivity index (χ4n) is 1.34. The predicted octanol–water partition coefficient (Wildman–Crippen LogP) is 1.36. The molecule has 0 radical (unpaired) electrons. The summed E-state index contributed by atoms with van der Waals surface area (Å²) in [5.74, 6) is 0.289. The van der Waals surface area contributed by atoms with Crippen LogP contribution in [0.25, 0.3) is 0 Å². The van der Waals surface area contributed by atoms with E-state index in [2.05, 4.69) is 0 Å². The number of carbonyl (C=O) groups excluding carboxylic acids is 2. The van der Waals surface area contributed by atoms with Crippen molar-refractivity contribution in [2.45, 2.75) is 32.4 Å². The summed E-state index contributed by atoms with van der Waals surface area (Å²) in [6.07, 6.45) is -0.536. The van der Waals surface area contributed by atoms with Gasteiger partial charge < -0.3 is 9.47 Å². The van der Waals surface area contributed by atoms with E-state index in [1.807, 2.05) is 0 Å². The van der Waals surface area contributed by atoms with Crippen LogP contribution in [0, 0.1) is 11.3 Å². The topological polar surface area (TPSA) is 79.6 Å². The van der Waals surface area contributed by atoms with E-state index in [0.29, 0.717) is 11.6 Å². The number of esters is 1. The highest BCUT2D eigenvalue weighted by Crippen LogP contribution is 2.24. The zero-order valence-corrected chi connectivity index (χ0v) is 11.5. The first-order chi connectivity index (χ1) is 8.35. The van der Waals surface area contributed by atoms with E-state index >= 15 is 0 Å². The van der Waals surface area contributed by atoms with E-state index < -0.39 is 23.7 Å². The number of thioether (sulfide) groups is 1. The van der Waals surface area contributed by atoms with Crippen LogP contribution < -0.4 is 0 Å². The third kappa shape index (κ3) is 4.11. The molecule has 0 N–H and O–H groups in total. The van der Waals surface area contributed by atoms with Crippen LogP contribution in [0.1, 0.15) is 20.8 Å². The maximum absolute atomic E-state index is 11.9. The molecule has 0 bridgehead atoms. The number of rotatable bonds is 2. The molecule has 0 aromatic heterocycles. The van der Waals surface area contributed by atoms with Crippen molar-refractivity contribution in [1.29, 1.82) is 5.26 Å². The standard InChI is InChI=1S/C11H16N2O4S/c1-11(2,3)17-10(15)13-7-18-6-8(13)9(14)16-5-4-12/h8H,5-7H2,1-3H3/t8-/m1/s1. The molecule has 1 heterocycles. The van der Waals surface area contributed by atoms with Gasteiger partial charge in [-0.2, -0.15) is 5.26 Å². The van der Waals surface area contributed by atoms with E-state index in [0.717, 1.165) is 0 Å². The fourth-order valence-corrected chi connectivity index (χ4v) is 2.46. The molecule has 100 valence electrons. The maximum Gasteiger partial charge on any atom is 0.411 e. The molecule has 0 aromatic rings. The molecular formula is C11H16N2O4S. The summed E-state index contributed by atoms with van der Waals surface area (Å²) in [6.45, 7) is 4.98. The van der Waals surface area contributed by atoms with Crippen molar-refractivity contribution in [3.8, 4) is 6.07 Å². The molecule has 1 aliphatic heterocycles. The van der Waals surface area contributed by atoms with Crippen molar-refractivity contribution in [2.75, 3.05) is 18.2 Å². The third-order valence-corrected chi connectivity index (χ3v) is 3.07. The largest absolute Gasteiger partial charge is 0.449 e. The van der Waals surface area contributed by atoms with Gasteiger partial charge in [-0.25, -0.2) is 9.59 Å². The molecule has 1 fully saturated rings. The molecule has 1 aliphatic rings. The lowest BCUT2D eigenvalue weighted by Crippen LogP contribution is -2.45. The first-order valence-corrected chi connectivity index (χ1v) is 6.61. The van der Waals surface area contributed by atoms with Crippen LogP contribution in [0.2, 0.25) is 0 Å². The molecule has 18 heavy (non-hydrogen) atoms. The van der Waals surface area contributed by atoms with Crippen molar-refractivity contribution >= 4 is 23.8 Å². The second-order valence-corrected chi connectivity index (χ2v) is 5.73. The Labute approximate surface area is 110 Å². The van der Waals surface area contributed by atoms with E-state index in [1.54, 1.807) is 26.8 Å². The average Bonchev–Trinajstić information content (AvgIpc) is 2.72. The molecule has 6 nitrogen and oxygen atoms in total. The monoisotopic (exact) mass is 272 g/mol. The first-order valence-electron chi connectivity index (χ1n) is 5.46. The van der Waals surface area contributed by atoms with E-state index in [9.17, 15) is 9.59 Å². The molecule has 7 heteroatoms. The number of carbonyl (C=O) groups is 2. The molecule has 0 aromatic carbocycles. The van der Waals surface area contributed by atoms with Crippen LogP contribution in [0.15, 0.2) is 0 Å². The van der Waals surface area contributed by atoms with Crippen molar-refractivity contribution in [1.82, 2.24) is 4.90 Å². The highest BCUT2D eigenvalue weighted by Gasteiger charge is 2.38. The molecule has 1 amide bonds. The van der Waals surface area contributed by atoms with Gasteiger partial charge in [0.1, 0.15) is 17.7 Å². The van der Waals surface area contributed by atoms with Gasteiger partial charge in [-0.15, -0.1) is 11.8 Å². The van der Waals surface area contributed by atoms with Crippen molar-refractivity contribution < 1.29 is 19.1 Å². The Hall–Kier alpha value is -1.42. The highest BCUT2D eigenvalue weighted by molar-refractivity contribution is 7.99. The lowest BCUT2D eigenvalue weighted by atomic mass is 10.2. The van der Waals surface area contributed by atoms with Gasteiger partial charge in [0.25, 0.3) is 0 Å². The Kier molecular flexibility index (Phi) is 4.84. The Morgan fingerprint density at radius 3 is 2.72 bits per heavy atom. The van der Waals surface area contributed by atoms with Crippen LogP contribution >= 0.6 is 11.8 Å². The van der Waals surface area contributed by atoms with Gasteiger partial charge in [0.15, 0.2) is 6.61 Å². The molecule has 0 unspecified atom stereocenters. The van der Waals surface area contributed by atoms with Crippen molar-refractivity contribution in [3.63, 3.8) is 0 Å². The molecule has 0 aliphatic carbocycles. The van der Waals surface area contributed by atoms with Crippen LogP contribution in [0.4, 0.5) is 4.79 Å². The smallest absolute Gasteiger partial charge is 0.411 e. The summed E-state index contributed by atoms with van der Waals surface area (Å²) < 4.78 is 9.93. The van der Waals surface area contributed by atoms with Crippen LogP contribution in [0.5, 0.6) is 0 Å². The quantitative estimate of drug-likeness (QED) is 0.706.